The maximum atomic E-state index is 12.3. The van der Waals surface area contributed by atoms with Crippen molar-refractivity contribution in [3.05, 3.63) is 0 Å². The summed E-state index contributed by atoms with van der Waals surface area (Å²) in [6, 6.07) is 0. The fourth-order valence-corrected chi connectivity index (χ4v) is 5.36. The molecule has 0 heterocycles. The molecular weight excluding hydrogens is 456 g/mol. The largest absolute Gasteiger partial charge is 0.356 e. The average molecular weight is 523 g/mol. The predicted octanol–water partition coefficient (Wildman–Crippen LogP) is 9.50. The summed E-state index contributed by atoms with van der Waals surface area (Å²) >= 11 is 0. The third kappa shape index (κ3) is 25.0. The van der Waals surface area contributed by atoms with Crippen molar-refractivity contribution >= 4 is 11.8 Å². The summed E-state index contributed by atoms with van der Waals surface area (Å²) in [7, 11) is 0. The van der Waals surface area contributed by atoms with Gasteiger partial charge in [0.05, 0.1) is 0 Å². The highest BCUT2D eigenvalue weighted by atomic mass is 16.2. The quantitative estimate of drug-likeness (QED) is 0.100. The van der Waals surface area contributed by atoms with Gasteiger partial charge in [0.25, 0.3) is 0 Å². The van der Waals surface area contributed by atoms with E-state index in [1.807, 2.05) is 0 Å². The average Bonchev–Trinajstić information content (AvgIpc) is 2.89. The number of carbonyl (C=O) groups excluding carboxylic acids is 2. The van der Waals surface area contributed by atoms with E-state index >= 15 is 0 Å². The van der Waals surface area contributed by atoms with Crippen LogP contribution in [0, 0.1) is 11.8 Å². The van der Waals surface area contributed by atoms with Gasteiger partial charge in [-0.1, -0.05) is 143 Å². The van der Waals surface area contributed by atoms with Gasteiger partial charge in [-0.3, -0.25) is 9.59 Å². The van der Waals surface area contributed by atoms with E-state index in [-0.39, 0.29) is 11.8 Å². The van der Waals surface area contributed by atoms with Crippen molar-refractivity contribution in [3.63, 3.8) is 0 Å². The van der Waals surface area contributed by atoms with E-state index in [9.17, 15) is 9.59 Å². The number of hydrogen-bond donors (Lipinski definition) is 2. The van der Waals surface area contributed by atoms with Gasteiger partial charge < -0.3 is 10.6 Å². The van der Waals surface area contributed by atoms with Crippen LogP contribution in [-0.4, -0.2) is 24.9 Å². The van der Waals surface area contributed by atoms with E-state index in [0.717, 1.165) is 25.2 Å². The fraction of sp³-hybridized carbons (Fsp3) is 0.939. The van der Waals surface area contributed by atoms with Crippen molar-refractivity contribution in [1.29, 1.82) is 0 Å². The molecule has 2 unspecified atom stereocenters. The molecule has 0 aromatic carbocycles. The minimum atomic E-state index is 0.169. The molecule has 4 heteroatoms. The molecule has 2 N–H and O–H groups in total. The summed E-state index contributed by atoms with van der Waals surface area (Å²) in [6.45, 7) is 10.4. The van der Waals surface area contributed by atoms with E-state index in [0.29, 0.717) is 31.8 Å². The van der Waals surface area contributed by atoms with Gasteiger partial charge in [0.1, 0.15) is 0 Å². The van der Waals surface area contributed by atoms with Crippen LogP contribution in [0.3, 0.4) is 0 Å². The molecule has 37 heavy (non-hydrogen) atoms. The van der Waals surface area contributed by atoms with E-state index in [2.05, 4.69) is 38.3 Å². The number of unbranched alkanes of at least 4 members (excludes halogenated alkanes) is 9. The Kier molecular flexibility index (Phi) is 27.2. The first kappa shape index (κ1) is 35.9. The summed E-state index contributed by atoms with van der Waals surface area (Å²) in [6.07, 6.45) is 27.7. The lowest BCUT2D eigenvalue weighted by molar-refractivity contribution is -0.121. The summed E-state index contributed by atoms with van der Waals surface area (Å²) in [5.74, 6) is 1.90. The molecule has 0 saturated heterocycles. The summed E-state index contributed by atoms with van der Waals surface area (Å²) < 4.78 is 0. The van der Waals surface area contributed by atoms with Crippen molar-refractivity contribution in [1.82, 2.24) is 10.6 Å². The molecule has 0 aliphatic heterocycles. The Hall–Kier alpha value is -1.06. The zero-order valence-electron chi connectivity index (χ0n) is 25.6. The Morgan fingerprint density at radius 2 is 0.838 bits per heavy atom. The van der Waals surface area contributed by atoms with Gasteiger partial charge in [0.2, 0.25) is 11.8 Å². The maximum absolute atomic E-state index is 12.3. The normalized spacial score (nSPS) is 12.9. The third-order valence-electron chi connectivity index (χ3n) is 7.91. The second kappa shape index (κ2) is 28.0. The van der Waals surface area contributed by atoms with E-state index in [4.69, 9.17) is 0 Å². The summed E-state index contributed by atoms with van der Waals surface area (Å²) in [5.41, 5.74) is 0. The van der Waals surface area contributed by atoms with Gasteiger partial charge in [-0.2, -0.15) is 0 Å². The first-order valence-corrected chi connectivity index (χ1v) is 16.6. The van der Waals surface area contributed by atoms with Crippen molar-refractivity contribution in [2.24, 2.45) is 11.8 Å². The lowest BCUT2D eigenvalue weighted by atomic mass is 9.90. The Morgan fingerprint density at radius 3 is 1.38 bits per heavy atom. The Morgan fingerprint density at radius 1 is 0.432 bits per heavy atom. The van der Waals surface area contributed by atoms with E-state index < -0.39 is 0 Å². The Balaban J connectivity index is 3.90. The summed E-state index contributed by atoms with van der Waals surface area (Å²) in [5, 5.41) is 6.10. The van der Waals surface area contributed by atoms with Crippen molar-refractivity contribution in [2.75, 3.05) is 13.1 Å². The van der Waals surface area contributed by atoms with Gasteiger partial charge >= 0.3 is 0 Å². The molecule has 2 atom stereocenters. The first-order valence-electron chi connectivity index (χ1n) is 16.6. The predicted molar refractivity (Wildman–Crippen MR) is 162 cm³/mol. The van der Waals surface area contributed by atoms with Crippen molar-refractivity contribution in [2.45, 2.75) is 175 Å². The molecule has 0 saturated carbocycles. The molecule has 0 aliphatic rings. The SMILES string of the molecule is CCCCCCC(CCCCC)CCCCC(=O)NCCCNC(=O)CCC(CCCC)CCCCC. The van der Waals surface area contributed by atoms with Gasteiger partial charge in [-0.05, 0) is 31.1 Å². The standard InChI is InChI=1S/C33H66N2O2/c1-5-9-13-16-23-30(21-14-10-6-2)24-17-18-25-32(36)34-28-19-29-35-33(37)27-26-31(20-12-8-4)22-15-11-7-3/h30-31H,5-29H2,1-4H3,(H,34,36)(H,35,37). The molecule has 0 fully saturated rings. The van der Waals surface area contributed by atoms with Crippen LogP contribution >= 0.6 is 0 Å². The number of rotatable bonds is 28. The molecule has 0 bridgehead atoms. The number of amides is 2. The molecule has 0 aliphatic carbocycles. The van der Waals surface area contributed by atoms with Crippen molar-refractivity contribution in [3.8, 4) is 0 Å². The fourth-order valence-electron chi connectivity index (χ4n) is 5.36. The zero-order chi connectivity index (χ0) is 27.4. The topological polar surface area (TPSA) is 58.2 Å². The molecular formula is C33H66N2O2. The zero-order valence-corrected chi connectivity index (χ0v) is 25.6. The monoisotopic (exact) mass is 523 g/mol. The molecule has 2 amide bonds. The van der Waals surface area contributed by atoms with Crippen LogP contribution in [0.2, 0.25) is 0 Å². The third-order valence-corrected chi connectivity index (χ3v) is 7.91. The van der Waals surface area contributed by atoms with Crippen LogP contribution in [0.15, 0.2) is 0 Å². The molecule has 0 aromatic rings. The van der Waals surface area contributed by atoms with E-state index in [1.165, 1.54) is 116 Å². The van der Waals surface area contributed by atoms with Crippen LogP contribution in [0.4, 0.5) is 0 Å². The van der Waals surface area contributed by atoms with Crippen molar-refractivity contribution < 1.29 is 9.59 Å². The molecule has 4 nitrogen and oxygen atoms in total. The number of hydrogen-bond acceptors (Lipinski definition) is 2. The van der Waals surface area contributed by atoms with Crippen LogP contribution in [0.25, 0.3) is 0 Å². The lowest BCUT2D eigenvalue weighted by Crippen LogP contribution is -2.29. The number of nitrogens with one attached hydrogen (secondary N) is 2. The van der Waals surface area contributed by atoms with Gasteiger partial charge in [0.15, 0.2) is 0 Å². The van der Waals surface area contributed by atoms with Crippen LogP contribution in [-0.2, 0) is 9.59 Å². The van der Waals surface area contributed by atoms with Gasteiger partial charge in [-0.15, -0.1) is 0 Å². The smallest absolute Gasteiger partial charge is 0.220 e. The van der Waals surface area contributed by atoms with Crippen LogP contribution in [0.5, 0.6) is 0 Å². The van der Waals surface area contributed by atoms with Crippen LogP contribution in [0.1, 0.15) is 175 Å². The molecule has 0 rings (SSSR count). The molecule has 220 valence electrons. The summed E-state index contributed by atoms with van der Waals surface area (Å²) in [4.78, 5) is 24.5. The second-order valence-corrected chi connectivity index (χ2v) is 11.6. The minimum absolute atomic E-state index is 0.169. The molecule has 0 radical (unpaired) electrons. The van der Waals surface area contributed by atoms with E-state index in [1.54, 1.807) is 0 Å². The highest BCUT2D eigenvalue weighted by Crippen LogP contribution is 2.24. The van der Waals surface area contributed by atoms with Gasteiger partial charge in [-0.25, -0.2) is 0 Å². The number of carbonyl (C=O) groups is 2. The van der Waals surface area contributed by atoms with Crippen LogP contribution < -0.4 is 10.6 Å². The lowest BCUT2D eigenvalue weighted by Gasteiger charge is -2.17. The second-order valence-electron chi connectivity index (χ2n) is 11.6. The molecule has 0 spiro atoms. The first-order chi connectivity index (χ1) is 18.1. The highest BCUT2D eigenvalue weighted by molar-refractivity contribution is 5.76. The highest BCUT2D eigenvalue weighted by Gasteiger charge is 2.12. The molecule has 0 aromatic heterocycles. The Labute approximate surface area is 232 Å². The van der Waals surface area contributed by atoms with Gasteiger partial charge in [0, 0.05) is 25.9 Å². The Bertz CT molecular complexity index is 509. The maximum Gasteiger partial charge on any atom is 0.220 e. The minimum Gasteiger partial charge on any atom is -0.356 e.